The molecule has 0 amide bonds. The largest absolute Gasteiger partial charge is 0.191 e. The third kappa shape index (κ3) is 1.93. The summed E-state index contributed by atoms with van der Waals surface area (Å²) in [5, 5.41) is 0.736. The minimum absolute atomic E-state index is 0.736. The van der Waals surface area contributed by atoms with Gasteiger partial charge in [0.25, 0.3) is 0 Å². The van der Waals surface area contributed by atoms with Gasteiger partial charge in [0.2, 0.25) is 0 Å². The molecule has 0 N–H and O–H groups in total. The van der Waals surface area contributed by atoms with Crippen molar-refractivity contribution in [3.05, 3.63) is 39.1 Å². The number of hydrogen-bond acceptors (Lipinski definition) is 2. The molecule has 0 spiro atoms. The molecular weight excluding hydrogens is 270 g/mol. The smallest absolute Gasteiger partial charge is 0.0911 e. The van der Waals surface area contributed by atoms with Gasteiger partial charge in [0.1, 0.15) is 0 Å². The molecule has 4 heteroatoms. The number of rotatable bonds is 1. The van der Waals surface area contributed by atoms with Gasteiger partial charge in [-0.1, -0.05) is 29.8 Å². The van der Waals surface area contributed by atoms with Gasteiger partial charge in [0, 0.05) is 10.6 Å². The number of aromatic nitrogens is 1. The van der Waals surface area contributed by atoms with Crippen LogP contribution in [0.2, 0.25) is 5.02 Å². The van der Waals surface area contributed by atoms with Crippen molar-refractivity contribution < 1.29 is 0 Å². The van der Waals surface area contributed by atoms with E-state index in [1.54, 1.807) is 0 Å². The predicted molar refractivity (Wildman–Crippen MR) is 60.3 cm³/mol. The van der Waals surface area contributed by atoms with Crippen LogP contribution in [0.4, 0.5) is 0 Å². The molecular formula is C9H5BrClNS. The summed E-state index contributed by atoms with van der Waals surface area (Å²) < 4.78 is 5.27. The van der Waals surface area contributed by atoms with E-state index in [1.807, 2.05) is 30.3 Å². The monoisotopic (exact) mass is 273 g/mol. The van der Waals surface area contributed by atoms with Gasteiger partial charge in [-0.3, -0.25) is 0 Å². The molecule has 0 atom stereocenters. The van der Waals surface area contributed by atoms with Gasteiger partial charge in [0.05, 0.1) is 9.48 Å². The number of nitrogens with zero attached hydrogens (tertiary/aromatic N) is 1. The summed E-state index contributed by atoms with van der Waals surface area (Å²) in [6.45, 7) is 0. The Bertz CT molecular complexity index is 427. The number of benzene rings is 1. The number of halogens is 2. The van der Waals surface area contributed by atoms with Crippen LogP contribution in [0.1, 0.15) is 0 Å². The van der Waals surface area contributed by atoms with Crippen LogP contribution in [0.5, 0.6) is 0 Å². The molecule has 0 saturated carbocycles. The molecule has 66 valence electrons. The number of hydrogen-bond donors (Lipinski definition) is 0. The van der Waals surface area contributed by atoms with Crippen LogP contribution in [0.15, 0.2) is 34.1 Å². The third-order valence-corrected chi connectivity index (χ3v) is 3.20. The zero-order valence-corrected chi connectivity index (χ0v) is 9.66. The second-order valence-electron chi connectivity index (χ2n) is 2.50. The summed E-state index contributed by atoms with van der Waals surface area (Å²) >= 11 is 10.8. The van der Waals surface area contributed by atoms with Gasteiger partial charge in [-0.15, -0.1) is 0 Å². The van der Waals surface area contributed by atoms with E-state index in [0.29, 0.717) is 0 Å². The molecule has 0 radical (unpaired) electrons. The molecule has 0 unspecified atom stereocenters. The molecule has 0 aliphatic heterocycles. The Balaban J connectivity index is 2.52. The Morgan fingerprint density at radius 1 is 1.31 bits per heavy atom. The highest BCUT2D eigenvalue weighted by Gasteiger charge is 2.05. The van der Waals surface area contributed by atoms with Crippen LogP contribution in [0.3, 0.4) is 0 Å². The van der Waals surface area contributed by atoms with Crippen molar-refractivity contribution in [2.75, 3.05) is 0 Å². The average molecular weight is 275 g/mol. The summed E-state index contributed by atoms with van der Waals surface area (Å²) in [5.74, 6) is 0. The highest BCUT2D eigenvalue weighted by Crippen LogP contribution is 2.30. The molecule has 1 nitrogen and oxygen atoms in total. The summed E-state index contributed by atoms with van der Waals surface area (Å²) in [7, 11) is 0. The van der Waals surface area contributed by atoms with E-state index in [9.17, 15) is 0 Å². The topological polar surface area (TPSA) is 12.9 Å². The van der Waals surface area contributed by atoms with E-state index in [-0.39, 0.29) is 0 Å². The lowest BCUT2D eigenvalue weighted by atomic mass is 10.2. The summed E-state index contributed by atoms with van der Waals surface area (Å²) in [5.41, 5.74) is 1.90. The molecule has 2 aromatic rings. The van der Waals surface area contributed by atoms with E-state index in [0.717, 1.165) is 20.1 Å². The molecule has 1 heterocycles. The van der Waals surface area contributed by atoms with Gasteiger partial charge in [-0.2, -0.15) is 4.37 Å². The van der Waals surface area contributed by atoms with E-state index in [2.05, 4.69) is 20.3 Å². The van der Waals surface area contributed by atoms with Crippen LogP contribution in [0.25, 0.3) is 11.3 Å². The predicted octanol–water partition coefficient (Wildman–Crippen LogP) is 4.23. The molecule has 0 bridgehead atoms. The quantitative estimate of drug-likeness (QED) is 0.758. The van der Waals surface area contributed by atoms with Gasteiger partial charge in [0.15, 0.2) is 0 Å². The van der Waals surface area contributed by atoms with E-state index in [4.69, 9.17) is 11.6 Å². The lowest BCUT2D eigenvalue weighted by Gasteiger charge is -1.97. The molecule has 1 aromatic heterocycles. The zero-order chi connectivity index (χ0) is 9.26. The van der Waals surface area contributed by atoms with Gasteiger partial charge in [-0.25, -0.2) is 0 Å². The second kappa shape index (κ2) is 3.78. The standard InChI is InChI=1S/C9H5BrClNS/c10-9-5-8(12-13-9)6-3-1-2-4-7(6)11/h1-5H. The minimum Gasteiger partial charge on any atom is -0.191 e. The maximum absolute atomic E-state index is 6.02. The van der Waals surface area contributed by atoms with Gasteiger partial charge < -0.3 is 0 Å². The van der Waals surface area contributed by atoms with Crippen LogP contribution < -0.4 is 0 Å². The maximum Gasteiger partial charge on any atom is 0.0911 e. The fraction of sp³-hybridized carbons (Fsp3) is 0. The van der Waals surface area contributed by atoms with E-state index >= 15 is 0 Å². The molecule has 0 saturated heterocycles. The summed E-state index contributed by atoms with van der Waals surface area (Å²) in [6, 6.07) is 9.65. The fourth-order valence-electron chi connectivity index (χ4n) is 1.05. The highest BCUT2D eigenvalue weighted by molar-refractivity contribution is 9.11. The first-order valence-corrected chi connectivity index (χ1v) is 5.59. The van der Waals surface area contributed by atoms with E-state index < -0.39 is 0 Å². The molecule has 2 rings (SSSR count). The van der Waals surface area contributed by atoms with Gasteiger partial charge >= 0.3 is 0 Å². The van der Waals surface area contributed by atoms with Crippen LogP contribution >= 0.6 is 39.1 Å². The first-order chi connectivity index (χ1) is 6.27. The fourth-order valence-corrected chi connectivity index (χ4v) is 2.22. The van der Waals surface area contributed by atoms with Crippen molar-refractivity contribution in [3.8, 4) is 11.3 Å². The Labute approximate surface area is 93.7 Å². The van der Waals surface area contributed by atoms with E-state index in [1.165, 1.54) is 11.5 Å². The molecule has 13 heavy (non-hydrogen) atoms. The van der Waals surface area contributed by atoms with Crippen LogP contribution in [0, 0.1) is 0 Å². The summed E-state index contributed by atoms with van der Waals surface area (Å²) in [4.78, 5) is 0. The van der Waals surface area contributed by atoms with Crippen molar-refractivity contribution in [1.29, 1.82) is 0 Å². The third-order valence-electron chi connectivity index (χ3n) is 1.63. The molecule has 0 fully saturated rings. The lowest BCUT2D eigenvalue weighted by molar-refractivity contribution is 1.52. The maximum atomic E-state index is 6.02. The Morgan fingerprint density at radius 3 is 2.69 bits per heavy atom. The Morgan fingerprint density at radius 2 is 2.08 bits per heavy atom. The highest BCUT2D eigenvalue weighted by atomic mass is 79.9. The lowest BCUT2D eigenvalue weighted by Crippen LogP contribution is -1.76. The average Bonchev–Trinajstić information content (AvgIpc) is 2.53. The summed E-state index contributed by atoms with van der Waals surface area (Å²) in [6.07, 6.45) is 0. The van der Waals surface area contributed by atoms with Crippen LogP contribution in [-0.4, -0.2) is 4.37 Å². The minimum atomic E-state index is 0.736. The van der Waals surface area contributed by atoms with Crippen molar-refractivity contribution in [1.82, 2.24) is 4.37 Å². The van der Waals surface area contributed by atoms with Crippen molar-refractivity contribution >= 4 is 39.1 Å². The Kier molecular flexibility index (Phi) is 2.67. The molecule has 0 aliphatic rings. The Hall–Kier alpha value is -0.380. The normalized spacial score (nSPS) is 10.3. The first-order valence-electron chi connectivity index (χ1n) is 3.64. The first kappa shape index (κ1) is 9.19. The second-order valence-corrected chi connectivity index (χ2v) is 5.09. The van der Waals surface area contributed by atoms with Crippen LogP contribution in [-0.2, 0) is 0 Å². The zero-order valence-electron chi connectivity index (χ0n) is 6.50. The SMILES string of the molecule is Clc1ccccc1-c1cc(Br)sn1. The van der Waals surface area contributed by atoms with Crippen molar-refractivity contribution in [2.24, 2.45) is 0 Å². The van der Waals surface area contributed by atoms with Gasteiger partial charge in [-0.05, 0) is 39.6 Å². The molecule has 0 aliphatic carbocycles. The van der Waals surface area contributed by atoms with Crippen molar-refractivity contribution in [3.63, 3.8) is 0 Å². The molecule has 1 aromatic carbocycles. The van der Waals surface area contributed by atoms with Crippen molar-refractivity contribution in [2.45, 2.75) is 0 Å².